The van der Waals surface area contributed by atoms with Crippen molar-refractivity contribution >= 4 is 17.9 Å². The molecule has 0 spiro atoms. The molecular weight excluding hydrogens is 661 g/mol. The van der Waals surface area contributed by atoms with Crippen LogP contribution in [0, 0.1) is 5.92 Å². The molecule has 0 aliphatic carbocycles. The van der Waals surface area contributed by atoms with Crippen LogP contribution in [0.2, 0.25) is 0 Å². The van der Waals surface area contributed by atoms with E-state index in [-0.39, 0.29) is 31.1 Å². The first-order valence-corrected chi connectivity index (χ1v) is 23.4. The Bertz CT molecular complexity index is 796. The van der Waals surface area contributed by atoms with Crippen LogP contribution < -0.4 is 0 Å². The summed E-state index contributed by atoms with van der Waals surface area (Å²) in [7, 11) is 0. The molecule has 0 aliphatic heterocycles. The average Bonchev–Trinajstić information content (AvgIpc) is 3.14. The lowest BCUT2D eigenvalue weighted by atomic mass is 10.0. The van der Waals surface area contributed by atoms with Crippen molar-refractivity contribution in [2.45, 2.75) is 265 Å². The molecule has 0 saturated heterocycles. The zero-order valence-electron chi connectivity index (χ0n) is 36.0. The highest BCUT2D eigenvalue weighted by molar-refractivity contribution is 5.71. The van der Waals surface area contributed by atoms with Gasteiger partial charge in [0.25, 0.3) is 0 Å². The van der Waals surface area contributed by atoms with Gasteiger partial charge >= 0.3 is 17.9 Å². The zero-order valence-corrected chi connectivity index (χ0v) is 36.0. The summed E-state index contributed by atoms with van der Waals surface area (Å²) in [6, 6.07) is 0. The first kappa shape index (κ1) is 51.4. The lowest BCUT2D eigenvalue weighted by Crippen LogP contribution is -2.30. The first-order chi connectivity index (χ1) is 25.9. The molecule has 314 valence electrons. The van der Waals surface area contributed by atoms with Crippen LogP contribution >= 0.6 is 0 Å². The fourth-order valence-corrected chi connectivity index (χ4v) is 6.98. The van der Waals surface area contributed by atoms with Gasteiger partial charge in [-0.2, -0.15) is 0 Å². The fraction of sp³-hybridized carbons (Fsp3) is 0.936. The standard InChI is InChI=1S/C47H90O6/c1-5-7-9-11-12-13-14-15-16-17-18-21-25-28-32-36-40-47(50)53-44(41-51-45(48)38-34-29-10-8-6-2)42-52-46(49)39-35-31-27-24-22-19-20-23-26-30-33-37-43(3)4/h43-44H,5-42H2,1-4H3/t44-/m0/s1. The quantitative estimate of drug-likeness (QED) is 0.0351. The van der Waals surface area contributed by atoms with Gasteiger partial charge in [-0.3, -0.25) is 14.4 Å². The van der Waals surface area contributed by atoms with Crippen molar-refractivity contribution in [3.63, 3.8) is 0 Å². The van der Waals surface area contributed by atoms with Gasteiger partial charge in [0.15, 0.2) is 6.10 Å². The molecule has 0 aliphatic rings. The van der Waals surface area contributed by atoms with E-state index in [1.165, 1.54) is 148 Å². The lowest BCUT2D eigenvalue weighted by molar-refractivity contribution is -0.167. The highest BCUT2D eigenvalue weighted by Gasteiger charge is 2.19. The summed E-state index contributed by atoms with van der Waals surface area (Å²) in [5.41, 5.74) is 0. The zero-order chi connectivity index (χ0) is 38.9. The molecule has 6 heteroatoms. The van der Waals surface area contributed by atoms with Crippen molar-refractivity contribution in [2.24, 2.45) is 5.92 Å². The van der Waals surface area contributed by atoms with E-state index in [2.05, 4.69) is 27.7 Å². The average molecular weight is 751 g/mol. The Kier molecular flexibility index (Phi) is 40.3. The molecule has 0 rings (SSSR count). The second-order valence-electron chi connectivity index (χ2n) is 16.5. The molecule has 0 amide bonds. The third-order valence-corrected chi connectivity index (χ3v) is 10.5. The van der Waals surface area contributed by atoms with Crippen LogP contribution in [-0.2, 0) is 28.6 Å². The molecule has 0 bridgehead atoms. The van der Waals surface area contributed by atoms with E-state index in [4.69, 9.17) is 14.2 Å². The summed E-state index contributed by atoms with van der Waals surface area (Å²) in [6.07, 6.45) is 41.2. The topological polar surface area (TPSA) is 78.9 Å². The maximum Gasteiger partial charge on any atom is 0.306 e. The minimum absolute atomic E-state index is 0.0647. The van der Waals surface area contributed by atoms with Gasteiger partial charge in [-0.05, 0) is 25.2 Å². The molecule has 0 heterocycles. The Balaban J connectivity index is 4.16. The van der Waals surface area contributed by atoms with Gasteiger partial charge < -0.3 is 14.2 Å². The van der Waals surface area contributed by atoms with Crippen LogP contribution in [0.5, 0.6) is 0 Å². The summed E-state index contributed by atoms with van der Waals surface area (Å²) in [5.74, 6) is -0.0391. The summed E-state index contributed by atoms with van der Waals surface area (Å²) < 4.78 is 16.6. The number of ether oxygens (including phenoxy) is 3. The van der Waals surface area contributed by atoms with Gasteiger partial charge in [-0.1, -0.05) is 220 Å². The molecule has 0 saturated carbocycles. The molecule has 0 aromatic rings. The maximum absolute atomic E-state index is 12.7. The van der Waals surface area contributed by atoms with Gasteiger partial charge in [-0.25, -0.2) is 0 Å². The van der Waals surface area contributed by atoms with Crippen LogP contribution in [0.25, 0.3) is 0 Å². The predicted molar refractivity (Wildman–Crippen MR) is 224 cm³/mol. The Morgan fingerprint density at radius 2 is 0.623 bits per heavy atom. The molecule has 0 N–H and O–H groups in total. The van der Waals surface area contributed by atoms with Gasteiger partial charge in [0.1, 0.15) is 13.2 Å². The Morgan fingerprint density at radius 3 is 0.925 bits per heavy atom. The SMILES string of the molecule is CCCCCCCCCCCCCCCCCCC(=O)O[C@@H](COC(=O)CCCCCCC)COC(=O)CCCCCCCCCCCCCC(C)C. The van der Waals surface area contributed by atoms with Crippen molar-refractivity contribution < 1.29 is 28.6 Å². The normalized spacial score (nSPS) is 11.9. The van der Waals surface area contributed by atoms with Crippen molar-refractivity contribution in [1.82, 2.24) is 0 Å². The molecule has 0 fully saturated rings. The van der Waals surface area contributed by atoms with Crippen molar-refractivity contribution in [2.75, 3.05) is 13.2 Å². The molecule has 1 atom stereocenters. The maximum atomic E-state index is 12.7. The third-order valence-electron chi connectivity index (χ3n) is 10.5. The Labute approximate surface area is 329 Å². The molecule has 0 aromatic carbocycles. The van der Waals surface area contributed by atoms with E-state index < -0.39 is 6.10 Å². The smallest absolute Gasteiger partial charge is 0.306 e. The summed E-state index contributed by atoms with van der Waals surface area (Å²) >= 11 is 0. The largest absolute Gasteiger partial charge is 0.462 e. The molecule has 53 heavy (non-hydrogen) atoms. The summed E-state index contributed by atoms with van der Waals surface area (Å²) in [4.78, 5) is 37.5. The van der Waals surface area contributed by atoms with Crippen molar-refractivity contribution in [3.05, 3.63) is 0 Å². The van der Waals surface area contributed by atoms with Crippen LogP contribution in [0.3, 0.4) is 0 Å². The highest BCUT2D eigenvalue weighted by Crippen LogP contribution is 2.16. The fourth-order valence-electron chi connectivity index (χ4n) is 6.98. The van der Waals surface area contributed by atoms with Gasteiger partial charge in [0.2, 0.25) is 0 Å². The molecule has 0 radical (unpaired) electrons. The number of hydrogen-bond donors (Lipinski definition) is 0. The molecular formula is C47H90O6. The minimum atomic E-state index is -0.758. The second-order valence-corrected chi connectivity index (χ2v) is 16.5. The van der Waals surface area contributed by atoms with Crippen LogP contribution in [0.4, 0.5) is 0 Å². The van der Waals surface area contributed by atoms with E-state index in [0.29, 0.717) is 19.3 Å². The first-order valence-electron chi connectivity index (χ1n) is 23.4. The van der Waals surface area contributed by atoms with E-state index in [9.17, 15) is 14.4 Å². The predicted octanol–water partition coefficient (Wildman–Crippen LogP) is 14.7. The van der Waals surface area contributed by atoms with Crippen molar-refractivity contribution in [1.29, 1.82) is 0 Å². The highest BCUT2D eigenvalue weighted by atomic mass is 16.6. The molecule has 0 unspecified atom stereocenters. The number of hydrogen-bond acceptors (Lipinski definition) is 6. The second kappa shape index (κ2) is 41.6. The van der Waals surface area contributed by atoms with E-state index in [0.717, 1.165) is 70.1 Å². The van der Waals surface area contributed by atoms with Crippen LogP contribution in [0.1, 0.15) is 259 Å². The van der Waals surface area contributed by atoms with E-state index >= 15 is 0 Å². The van der Waals surface area contributed by atoms with Crippen LogP contribution in [0.15, 0.2) is 0 Å². The van der Waals surface area contributed by atoms with Gasteiger partial charge in [-0.15, -0.1) is 0 Å². The Hall–Kier alpha value is -1.59. The van der Waals surface area contributed by atoms with E-state index in [1.54, 1.807) is 0 Å². The summed E-state index contributed by atoms with van der Waals surface area (Å²) in [5, 5.41) is 0. The van der Waals surface area contributed by atoms with Crippen LogP contribution in [-0.4, -0.2) is 37.2 Å². The van der Waals surface area contributed by atoms with Gasteiger partial charge in [0.05, 0.1) is 0 Å². The summed E-state index contributed by atoms with van der Waals surface area (Å²) in [6.45, 7) is 8.92. The van der Waals surface area contributed by atoms with Gasteiger partial charge in [0, 0.05) is 19.3 Å². The number of unbranched alkanes of at least 4 members (excludes halogenated alkanes) is 29. The minimum Gasteiger partial charge on any atom is -0.462 e. The number of esters is 3. The van der Waals surface area contributed by atoms with E-state index in [1.807, 2.05) is 0 Å². The molecule has 0 aromatic heterocycles. The van der Waals surface area contributed by atoms with Crippen molar-refractivity contribution in [3.8, 4) is 0 Å². The number of carbonyl (C=O) groups excluding carboxylic acids is 3. The Morgan fingerprint density at radius 1 is 0.358 bits per heavy atom. The lowest BCUT2D eigenvalue weighted by Gasteiger charge is -2.18. The third kappa shape index (κ3) is 41.4. The number of carbonyl (C=O) groups is 3. The molecule has 6 nitrogen and oxygen atoms in total. The monoisotopic (exact) mass is 751 g/mol. The number of rotatable bonds is 42.